The molecule has 1 aromatic carbocycles. The molecule has 1 aliphatic rings. The molecule has 1 fully saturated rings. The van der Waals surface area contributed by atoms with Gasteiger partial charge in [0.05, 0.1) is 0 Å². The van der Waals surface area contributed by atoms with Gasteiger partial charge in [-0.15, -0.1) is 0 Å². The molecule has 3 rings (SSSR count). The van der Waals surface area contributed by atoms with E-state index in [1.807, 2.05) is 29.2 Å². The predicted octanol–water partition coefficient (Wildman–Crippen LogP) is 2.28. The van der Waals surface area contributed by atoms with Crippen LogP contribution >= 0.6 is 0 Å². The number of carbonyl (C=O) groups is 1. The summed E-state index contributed by atoms with van der Waals surface area (Å²) in [6.45, 7) is 8.29. The molecule has 0 spiro atoms. The van der Waals surface area contributed by atoms with E-state index in [4.69, 9.17) is 0 Å². The molecule has 6 nitrogen and oxygen atoms in total. The highest BCUT2D eigenvalue weighted by atomic mass is 16.2. The van der Waals surface area contributed by atoms with Crippen LogP contribution in [0.4, 0.5) is 5.82 Å². The van der Waals surface area contributed by atoms with Crippen LogP contribution < -0.4 is 4.90 Å². The van der Waals surface area contributed by atoms with Gasteiger partial charge in [-0.05, 0) is 26.5 Å². The van der Waals surface area contributed by atoms with Crippen molar-refractivity contribution in [1.82, 2.24) is 19.8 Å². The Bertz CT molecular complexity index is 726. The first-order chi connectivity index (χ1) is 12.5. The molecule has 0 atom stereocenters. The number of hydrogen-bond acceptors (Lipinski definition) is 5. The van der Waals surface area contributed by atoms with Crippen LogP contribution in [-0.4, -0.2) is 64.9 Å². The summed E-state index contributed by atoms with van der Waals surface area (Å²) in [5.41, 5.74) is 1.69. The van der Waals surface area contributed by atoms with E-state index < -0.39 is 0 Å². The lowest BCUT2D eigenvalue weighted by Gasteiger charge is -2.32. The molecule has 0 saturated carbocycles. The first-order valence-electron chi connectivity index (χ1n) is 9.15. The maximum Gasteiger partial charge on any atom is 0.272 e. The summed E-state index contributed by atoms with van der Waals surface area (Å²) in [6, 6.07) is 12.4. The van der Waals surface area contributed by atoms with Crippen molar-refractivity contribution in [1.29, 1.82) is 0 Å². The van der Waals surface area contributed by atoms with Gasteiger partial charge in [-0.25, -0.2) is 9.97 Å². The van der Waals surface area contributed by atoms with Crippen LogP contribution in [0.2, 0.25) is 0 Å². The van der Waals surface area contributed by atoms with E-state index in [-0.39, 0.29) is 11.9 Å². The average molecular weight is 353 g/mol. The maximum absolute atomic E-state index is 12.8. The van der Waals surface area contributed by atoms with Gasteiger partial charge in [0.15, 0.2) is 0 Å². The van der Waals surface area contributed by atoms with Gasteiger partial charge in [-0.2, -0.15) is 0 Å². The number of piperazine rings is 1. The zero-order valence-corrected chi connectivity index (χ0v) is 15.8. The second-order valence-electron chi connectivity index (χ2n) is 7.06. The van der Waals surface area contributed by atoms with E-state index in [9.17, 15) is 4.79 Å². The molecule has 0 aliphatic carbocycles. The van der Waals surface area contributed by atoms with Crippen LogP contribution in [0.3, 0.4) is 0 Å². The van der Waals surface area contributed by atoms with Crippen LogP contribution in [0.25, 0.3) is 0 Å². The van der Waals surface area contributed by atoms with Crippen molar-refractivity contribution >= 4 is 11.7 Å². The number of hydrogen-bond donors (Lipinski definition) is 0. The van der Waals surface area contributed by atoms with Crippen molar-refractivity contribution in [3.8, 4) is 0 Å². The Kier molecular flexibility index (Phi) is 5.83. The minimum Gasteiger partial charge on any atom is -0.350 e. The quantitative estimate of drug-likeness (QED) is 0.825. The molecule has 138 valence electrons. The van der Waals surface area contributed by atoms with Gasteiger partial charge in [0.1, 0.15) is 17.8 Å². The third-order valence-electron chi connectivity index (χ3n) is 4.78. The third-order valence-corrected chi connectivity index (χ3v) is 4.78. The topological polar surface area (TPSA) is 52.6 Å². The standard InChI is InChI=1S/C20H27N5O/c1-16(2)25(14-17-7-5-4-6-8-17)19-13-18(21-15-22-19)20(26)24-11-9-23(3)10-12-24/h4-8,13,15-16H,9-12,14H2,1-3H3. The summed E-state index contributed by atoms with van der Waals surface area (Å²) >= 11 is 0. The lowest BCUT2D eigenvalue weighted by Crippen LogP contribution is -2.47. The molecule has 0 unspecified atom stereocenters. The van der Waals surface area contributed by atoms with Crippen molar-refractivity contribution in [3.05, 3.63) is 54.0 Å². The summed E-state index contributed by atoms with van der Waals surface area (Å²) in [7, 11) is 2.08. The van der Waals surface area contributed by atoms with E-state index in [2.05, 4.69) is 52.8 Å². The highest BCUT2D eigenvalue weighted by Gasteiger charge is 2.23. The van der Waals surface area contributed by atoms with Crippen molar-refractivity contribution in [3.63, 3.8) is 0 Å². The van der Waals surface area contributed by atoms with E-state index in [1.54, 1.807) is 0 Å². The maximum atomic E-state index is 12.8. The van der Waals surface area contributed by atoms with Crippen molar-refractivity contribution in [2.45, 2.75) is 26.4 Å². The predicted molar refractivity (Wildman–Crippen MR) is 103 cm³/mol. The Morgan fingerprint density at radius 2 is 1.81 bits per heavy atom. The number of benzene rings is 1. The molecule has 1 amide bonds. The highest BCUT2D eigenvalue weighted by Crippen LogP contribution is 2.19. The molecular formula is C20H27N5O. The van der Waals surface area contributed by atoms with Crippen LogP contribution in [-0.2, 0) is 6.54 Å². The van der Waals surface area contributed by atoms with Crippen molar-refractivity contribution < 1.29 is 4.79 Å². The molecule has 0 N–H and O–H groups in total. The second kappa shape index (κ2) is 8.27. The van der Waals surface area contributed by atoms with Gasteiger partial charge in [-0.1, -0.05) is 30.3 Å². The fourth-order valence-corrected chi connectivity index (χ4v) is 3.10. The minimum atomic E-state index is -0.00910. The van der Waals surface area contributed by atoms with E-state index in [0.717, 1.165) is 38.5 Å². The third kappa shape index (κ3) is 4.38. The number of nitrogens with zero attached hydrogens (tertiary/aromatic N) is 5. The Morgan fingerprint density at radius 1 is 1.12 bits per heavy atom. The zero-order valence-electron chi connectivity index (χ0n) is 15.8. The summed E-state index contributed by atoms with van der Waals surface area (Å²) in [4.78, 5) is 27.8. The van der Waals surface area contributed by atoms with Gasteiger partial charge >= 0.3 is 0 Å². The summed E-state index contributed by atoms with van der Waals surface area (Å²) in [5.74, 6) is 0.779. The number of aromatic nitrogens is 2. The zero-order chi connectivity index (χ0) is 18.5. The lowest BCUT2D eigenvalue weighted by atomic mass is 10.2. The van der Waals surface area contributed by atoms with Gasteiger partial charge in [0, 0.05) is 44.8 Å². The number of anilines is 1. The molecule has 0 bridgehead atoms. The minimum absolute atomic E-state index is 0.00910. The normalized spacial score (nSPS) is 15.3. The fraction of sp³-hybridized carbons (Fsp3) is 0.450. The summed E-state index contributed by atoms with van der Waals surface area (Å²) < 4.78 is 0. The number of amides is 1. The summed E-state index contributed by atoms with van der Waals surface area (Å²) in [5, 5.41) is 0. The molecule has 1 aromatic heterocycles. The molecule has 2 aromatic rings. The fourth-order valence-electron chi connectivity index (χ4n) is 3.10. The van der Waals surface area contributed by atoms with Gasteiger partial charge in [-0.3, -0.25) is 4.79 Å². The van der Waals surface area contributed by atoms with E-state index in [1.165, 1.54) is 11.9 Å². The molecule has 26 heavy (non-hydrogen) atoms. The highest BCUT2D eigenvalue weighted by molar-refractivity contribution is 5.93. The van der Waals surface area contributed by atoms with Crippen molar-refractivity contribution in [2.24, 2.45) is 0 Å². The largest absolute Gasteiger partial charge is 0.350 e. The van der Waals surface area contributed by atoms with Gasteiger partial charge in [0.25, 0.3) is 5.91 Å². The first kappa shape index (κ1) is 18.3. The second-order valence-corrected chi connectivity index (χ2v) is 7.06. The monoisotopic (exact) mass is 353 g/mol. The van der Waals surface area contributed by atoms with Crippen molar-refractivity contribution in [2.75, 3.05) is 38.1 Å². The van der Waals surface area contributed by atoms with Gasteiger partial charge in [0.2, 0.25) is 0 Å². The van der Waals surface area contributed by atoms with Crippen LogP contribution in [0.1, 0.15) is 29.9 Å². The Balaban J connectivity index is 1.79. The Hall–Kier alpha value is -2.47. The first-order valence-corrected chi connectivity index (χ1v) is 9.15. The van der Waals surface area contributed by atoms with Crippen LogP contribution in [0, 0.1) is 0 Å². The van der Waals surface area contributed by atoms with E-state index >= 15 is 0 Å². The number of carbonyl (C=O) groups excluding carboxylic acids is 1. The van der Waals surface area contributed by atoms with Crippen LogP contribution in [0.5, 0.6) is 0 Å². The Labute approximate surface area is 155 Å². The summed E-state index contributed by atoms with van der Waals surface area (Å²) in [6.07, 6.45) is 1.50. The molecule has 1 aliphatic heterocycles. The molecule has 1 saturated heterocycles. The lowest BCUT2D eigenvalue weighted by molar-refractivity contribution is 0.0658. The number of rotatable bonds is 5. The SMILES string of the molecule is CC(C)N(Cc1ccccc1)c1cc(C(=O)N2CCN(C)CC2)ncn1. The molecule has 0 radical (unpaired) electrons. The van der Waals surface area contributed by atoms with E-state index in [0.29, 0.717) is 5.69 Å². The molecule has 6 heteroatoms. The van der Waals surface area contributed by atoms with Gasteiger partial charge < -0.3 is 14.7 Å². The van der Waals surface area contributed by atoms with Crippen LogP contribution in [0.15, 0.2) is 42.7 Å². The molecular weight excluding hydrogens is 326 g/mol. The smallest absolute Gasteiger partial charge is 0.272 e. The Morgan fingerprint density at radius 3 is 2.46 bits per heavy atom. The molecule has 2 heterocycles. The average Bonchev–Trinajstić information content (AvgIpc) is 2.67. The number of likely N-dealkylation sites (N-methyl/N-ethyl adjacent to an activating group) is 1.